The molecule has 0 aliphatic carbocycles. The van der Waals surface area contributed by atoms with Crippen molar-refractivity contribution < 1.29 is 14.7 Å². The van der Waals surface area contributed by atoms with Crippen molar-refractivity contribution in [1.29, 1.82) is 0 Å². The van der Waals surface area contributed by atoms with Crippen LogP contribution in [0.3, 0.4) is 0 Å². The zero-order valence-electron chi connectivity index (χ0n) is 13.1. The quantitative estimate of drug-likeness (QED) is 0.928. The highest BCUT2D eigenvalue weighted by Crippen LogP contribution is 2.38. The third-order valence-electron chi connectivity index (χ3n) is 3.85. The Kier molecular flexibility index (Phi) is 3.78. The van der Waals surface area contributed by atoms with Crippen LogP contribution in [0.1, 0.15) is 24.2 Å². The van der Waals surface area contributed by atoms with Crippen molar-refractivity contribution in [3.05, 3.63) is 54.1 Å². The third-order valence-corrected chi connectivity index (χ3v) is 3.85. The first-order valence-corrected chi connectivity index (χ1v) is 7.51. The average Bonchev–Trinajstić information content (AvgIpc) is 2.53. The number of amides is 2. The van der Waals surface area contributed by atoms with Crippen LogP contribution in [0.4, 0.5) is 11.4 Å². The number of rotatable bonds is 2. The molecule has 3 rings (SSSR count). The summed E-state index contributed by atoms with van der Waals surface area (Å²) >= 11 is 0. The Labute approximate surface area is 134 Å². The van der Waals surface area contributed by atoms with Crippen LogP contribution in [0.25, 0.3) is 0 Å². The van der Waals surface area contributed by atoms with E-state index in [1.807, 2.05) is 19.9 Å². The van der Waals surface area contributed by atoms with E-state index in [0.29, 0.717) is 16.9 Å². The van der Waals surface area contributed by atoms with Gasteiger partial charge in [-0.3, -0.25) is 14.5 Å². The van der Waals surface area contributed by atoms with E-state index in [2.05, 4.69) is 0 Å². The summed E-state index contributed by atoms with van der Waals surface area (Å²) in [5, 5.41) is 9.77. The molecule has 2 aromatic rings. The highest BCUT2D eigenvalue weighted by molar-refractivity contribution is 6.16. The van der Waals surface area contributed by atoms with E-state index in [4.69, 9.17) is 0 Å². The minimum Gasteiger partial charge on any atom is -0.508 e. The number of hydrogen-bond acceptors (Lipinski definition) is 3. The maximum absolute atomic E-state index is 12.8. The summed E-state index contributed by atoms with van der Waals surface area (Å²) in [4.78, 5) is 28.3. The second kappa shape index (κ2) is 5.76. The van der Waals surface area contributed by atoms with Gasteiger partial charge >= 0.3 is 0 Å². The summed E-state index contributed by atoms with van der Waals surface area (Å²) in [5.41, 5.74) is 1.71. The van der Waals surface area contributed by atoms with Crippen molar-refractivity contribution in [2.45, 2.75) is 19.9 Å². The number of fused-ring (bicyclic) bond motifs is 1. The van der Waals surface area contributed by atoms with Crippen molar-refractivity contribution in [1.82, 2.24) is 0 Å². The molecule has 0 aromatic heterocycles. The first kappa shape index (κ1) is 15.1. The minimum absolute atomic E-state index is 0.0102. The molecule has 5 heteroatoms. The average molecular weight is 310 g/mol. The fourth-order valence-corrected chi connectivity index (χ4v) is 2.85. The lowest BCUT2D eigenvalue weighted by Crippen LogP contribution is -2.50. The minimum atomic E-state index is -0.228. The van der Waals surface area contributed by atoms with Crippen molar-refractivity contribution in [3.8, 4) is 5.75 Å². The molecule has 0 saturated carbocycles. The summed E-state index contributed by atoms with van der Waals surface area (Å²) in [6, 6.07) is 13.5. The van der Waals surface area contributed by atoms with Gasteiger partial charge in [0.25, 0.3) is 5.91 Å². The molecule has 0 bridgehead atoms. The molecular formula is C18H18N2O3. The van der Waals surface area contributed by atoms with Crippen LogP contribution in [-0.2, 0) is 4.79 Å². The molecule has 2 aromatic carbocycles. The summed E-state index contributed by atoms with van der Waals surface area (Å²) in [6.45, 7) is 3.80. The fourth-order valence-electron chi connectivity index (χ4n) is 2.85. The molecule has 1 heterocycles. The summed E-state index contributed by atoms with van der Waals surface area (Å²) in [7, 11) is 0. The van der Waals surface area contributed by atoms with Crippen molar-refractivity contribution in [3.63, 3.8) is 0 Å². The van der Waals surface area contributed by atoms with E-state index in [1.54, 1.807) is 35.2 Å². The lowest BCUT2D eigenvalue weighted by molar-refractivity contribution is -0.117. The number of nitrogens with zero attached hydrogens (tertiary/aromatic N) is 2. The van der Waals surface area contributed by atoms with Gasteiger partial charge in [-0.2, -0.15) is 0 Å². The van der Waals surface area contributed by atoms with Crippen LogP contribution in [0, 0.1) is 0 Å². The molecule has 118 valence electrons. The number of hydrogen-bond donors (Lipinski definition) is 1. The normalized spacial score (nSPS) is 14.1. The molecule has 1 aliphatic heterocycles. The first-order valence-electron chi connectivity index (χ1n) is 7.51. The van der Waals surface area contributed by atoms with Crippen molar-refractivity contribution >= 4 is 23.2 Å². The number of aromatic hydroxyl groups is 1. The van der Waals surface area contributed by atoms with E-state index >= 15 is 0 Å². The molecule has 1 aliphatic rings. The number of anilines is 2. The molecule has 0 saturated heterocycles. The number of phenols is 1. The topological polar surface area (TPSA) is 60.9 Å². The maximum Gasteiger partial charge on any atom is 0.258 e. The summed E-state index contributed by atoms with van der Waals surface area (Å²) < 4.78 is 0. The van der Waals surface area contributed by atoms with Gasteiger partial charge in [0, 0.05) is 17.7 Å². The van der Waals surface area contributed by atoms with Crippen LogP contribution in [0.5, 0.6) is 5.75 Å². The number of carbonyl (C=O) groups excluding carboxylic acids is 2. The summed E-state index contributed by atoms with van der Waals surface area (Å²) in [5.74, 6) is -0.326. The van der Waals surface area contributed by atoms with Crippen LogP contribution < -0.4 is 9.80 Å². The lowest BCUT2D eigenvalue weighted by Gasteiger charge is -2.38. The van der Waals surface area contributed by atoms with Gasteiger partial charge in [-0.25, -0.2) is 0 Å². The molecule has 0 atom stereocenters. The Hall–Kier alpha value is -2.82. The molecule has 23 heavy (non-hydrogen) atoms. The van der Waals surface area contributed by atoms with Gasteiger partial charge in [0.2, 0.25) is 5.91 Å². The lowest BCUT2D eigenvalue weighted by atomic mass is 10.1. The Morgan fingerprint density at radius 3 is 2.43 bits per heavy atom. The highest BCUT2D eigenvalue weighted by Gasteiger charge is 2.34. The first-order chi connectivity index (χ1) is 11.0. The SMILES string of the molecule is CC(C)N1C(=O)CN(C(=O)c2ccccc2)c2ccc(O)cc21. The van der Waals surface area contributed by atoms with Crippen LogP contribution in [0.15, 0.2) is 48.5 Å². The fraction of sp³-hybridized carbons (Fsp3) is 0.222. The molecular weight excluding hydrogens is 292 g/mol. The van der Waals surface area contributed by atoms with Gasteiger partial charge in [-0.05, 0) is 38.1 Å². The molecule has 0 spiro atoms. The van der Waals surface area contributed by atoms with Gasteiger partial charge in [-0.1, -0.05) is 18.2 Å². The molecule has 2 amide bonds. The van der Waals surface area contributed by atoms with Gasteiger partial charge in [0.05, 0.1) is 11.4 Å². The zero-order chi connectivity index (χ0) is 16.6. The van der Waals surface area contributed by atoms with Crippen LogP contribution >= 0.6 is 0 Å². The third kappa shape index (κ3) is 2.65. The number of phenolic OH excluding ortho intramolecular Hbond substituents is 1. The monoisotopic (exact) mass is 310 g/mol. The zero-order valence-corrected chi connectivity index (χ0v) is 13.1. The Balaban J connectivity index is 2.09. The predicted molar refractivity (Wildman–Crippen MR) is 88.8 cm³/mol. The summed E-state index contributed by atoms with van der Waals surface area (Å²) in [6.07, 6.45) is 0. The smallest absolute Gasteiger partial charge is 0.258 e. The van der Waals surface area contributed by atoms with E-state index in [9.17, 15) is 14.7 Å². The standard InChI is InChI=1S/C18H18N2O3/c1-12(2)20-16-10-14(21)8-9-15(16)19(11-17(20)22)18(23)13-6-4-3-5-7-13/h3-10,12,21H,11H2,1-2H3. The van der Waals surface area contributed by atoms with E-state index in [1.165, 1.54) is 17.0 Å². The molecule has 5 nitrogen and oxygen atoms in total. The number of benzene rings is 2. The van der Waals surface area contributed by atoms with Crippen molar-refractivity contribution in [2.24, 2.45) is 0 Å². The highest BCUT2D eigenvalue weighted by atomic mass is 16.3. The Morgan fingerprint density at radius 1 is 1.09 bits per heavy atom. The van der Waals surface area contributed by atoms with E-state index in [0.717, 1.165) is 0 Å². The van der Waals surface area contributed by atoms with Gasteiger partial charge in [0.15, 0.2) is 0 Å². The van der Waals surface area contributed by atoms with E-state index < -0.39 is 0 Å². The molecule has 1 N–H and O–H groups in total. The molecule has 0 radical (unpaired) electrons. The molecule has 0 unspecified atom stereocenters. The van der Waals surface area contributed by atoms with Crippen LogP contribution in [-0.4, -0.2) is 29.5 Å². The Morgan fingerprint density at radius 2 is 1.78 bits per heavy atom. The second-order valence-electron chi connectivity index (χ2n) is 5.79. The van der Waals surface area contributed by atoms with Crippen LogP contribution in [0.2, 0.25) is 0 Å². The largest absolute Gasteiger partial charge is 0.508 e. The van der Waals surface area contributed by atoms with Crippen molar-refractivity contribution in [2.75, 3.05) is 16.3 Å². The second-order valence-corrected chi connectivity index (χ2v) is 5.79. The van der Waals surface area contributed by atoms with Gasteiger partial charge in [-0.15, -0.1) is 0 Å². The van der Waals surface area contributed by atoms with Gasteiger partial charge < -0.3 is 10.0 Å². The maximum atomic E-state index is 12.8. The van der Waals surface area contributed by atoms with Gasteiger partial charge in [0.1, 0.15) is 12.3 Å². The van der Waals surface area contributed by atoms with E-state index in [-0.39, 0.29) is 30.2 Å². The molecule has 0 fully saturated rings. The number of carbonyl (C=O) groups is 2. The Bertz CT molecular complexity index is 756. The predicted octanol–water partition coefficient (Wildman–Crippen LogP) is 2.79.